The quantitative estimate of drug-likeness (QED) is 0.645. The van der Waals surface area contributed by atoms with Gasteiger partial charge in [0.05, 0.1) is 18.3 Å². The predicted octanol–water partition coefficient (Wildman–Crippen LogP) is 0.284. The maximum Gasteiger partial charge on any atom is 0.138 e. The van der Waals surface area contributed by atoms with Crippen LogP contribution in [0.2, 0.25) is 0 Å². The van der Waals surface area contributed by atoms with E-state index >= 15 is 0 Å². The summed E-state index contributed by atoms with van der Waals surface area (Å²) in [6.45, 7) is 3.51. The summed E-state index contributed by atoms with van der Waals surface area (Å²) < 4.78 is 4.88. The second-order valence-corrected chi connectivity index (χ2v) is 2.53. The van der Waals surface area contributed by atoms with Crippen LogP contribution in [0.15, 0.2) is 4.52 Å². The molecule has 0 saturated carbocycles. The Kier molecular flexibility index (Phi) is 2.26. The second kappa shape index (κ2) is 3.02. The lowest BCUT2D eigenvalue weighted by atomic mass is 10.1. The van der Waals surface area contributed by atoms with Gasteiger partial charge in [-0.1, -0.05) is 5.16 Å². The van der Waals surface area contributed by atoms with Gasteiger partial charge in [-0.3, -0.25) is 0 Å². The molecule has 0 radical (unpaired) electrons. The van der Waals surface area contributed by atoms with E-state index in [1.807, 2.05) is 0 Å². The minimum absolute atomic E-state index is 0.0805. The first-order valence-electron chi connectivity index (χ1n) is 3.46. The summed E-state index contributed by atoms with van der Waals surface area (Å²) in [5.74, 6) is 0.684. The largest absolute Gasteiger partial charge is 0.394 e. The lowest BCUT2D eigenvalue weighted by Crippen LogP contribution is -2.15. The van der Waals surface area contributed by atoms with Gasteiger partial charge in [0.15, 0.2) is 0 Å². The smallest absolute Gasteiger partial charge is 0.138 e. The van der Waals surface area contributed by atoms with Crippen LogP contribution in [-0.4, -0.2) is 16.9 Å². The lowest BCUT2D eigenvalue weighted by Gasteiger charge is -2.05. The number of aromatic nitrogens is 1. The Morgan fingerprint density at radius 2 is 2.27 bits per heavy atom. The van der Waals surface area contributed by atoms with Gasteiger partial charge in [-0.15, -0.1) is 0 Å². The van der Waals surface area contributed by atoms with Crippen LogP contribution >= 0.6 is 0 Å². The molecule has 0 amide bonds. The highest BCUT2D eigenvalue weighted by Crippen LogP contribution is 2.18. The first-order chi connectivity index (χ1) is 5.16. The molecule has 0 aliphatic heterocycles. The first kappa shape index (κ1) is 8.23. The fraction of sp³-hybridized carbons (Fsp3) is 0.571. The molecule has 1 atom stereocenters. The fourth-order valence-corrected chi connectivity index (χ4v) is 1.11. The zero-order valence-electron chi connectivity index (χ0n) is 6.66. The normalized spacial score (nSPS) is 13.5. The maximum absolute atomic E-state index is 8.76. The second-order valence-electron chi connectivity index (χ2n) is 2.53. The van der Waals surface area contributed by atoms with Gasteiger partial charge in [0, 0.05) is 5.56 Å². The SMILES string of the molecule is Cc1noc(C)c1C(N)CO. The lowest BCUT2D eigenvalue weighted by molar-refractivity contribution is 0.266. The minimum Gasteiger partial charge on any atom is -0.394 e. The number of hydrogen-bond acceptors (Lipinski definition) is 4. The highest BCUT2D eigenvalue weighted by molar-refractivity contribution is 5.24. The molecule has 1 aromatic rings. The predicted molar refractivity (Wildman–Crippen MR) is 40.0 cm³/mol. The van der Waals surface area contributed by atoms with Crippen molar-refractivity contribution in [1.82, 2.24) is 5.16 Å². The molecule has 0 bridgehead atoms. The Labute approximate surface area is 65.0 Å². The van der Waals surface area contributed by atoms with Crippen LogP contribution in [0.3, 0.4) is 0 Å². The van der Waals surface area contributed by atoms with Crippen molar-refractivity contribution < 1.29 is 9.63 Å². The molecule has 0 saturated heterocycles. The monoisotopic (exact) mass is 156 g/mol. The van der Waals surface area contributed by atoms with Crippen molar-refractivity contribution in [2.75, 3.05) is 6.61 Å². The molecule has 62 valence electrons. The van der Waals surface area contributed by atoms with Gasteiger partial charge in [-0.25, -0.2) is 0 Å². The molecule has 11 heavy (non-hydrogen) atoms. The van der Waals surface area contributed by atoms with Gasteiger partial charge in [0.25, 0.3) is 0 Å². The van der Waals surface area contributed by atoms with Gasteiger partial charge >= 0.3 is 0 Å². The molecule has 1 unspecified atom stereocenters. The molecule has 0 aliphatic carbocycles. The summed E-state index contributed by atoms with van der Waals surface area (Å²) in [5.41, 5.74) is 7.16. The number of hydrogen-bond donors (Lipinski definition) is 2. The van der Waals surface area contributed by atoms with Gasteiger partial charge in [-0.05, 0) is 13.8 Å². The van der Waals surface area contributed by atoms with Crippen molar-refractivity contribution in [1.29, 1.82) is 0 Å². The Morgan fingerprint density at radius 3 is 2.64 bits per heavy atom. The fourth-order valence-electron chi connectivity index (χ4n) is 1.11. The number of nitrogens with zero attached hydrogens (tertiary/aromatic N) is 1. The summed E-state index contributed by atoms with van der Waals surface area (Å²) in [6.07, 6.45) is 0. The molecule has 0 fully saturated rings. The maximum atomic E-state index is 8.76. The standard InChI is InChI=1S/C7H12N2O2/c1-4-7(6(8)3-10)5(2)11-9-4/h6,10H,3,8H2,1-2H3. The molecule has 4 heteroatoms. The molecule has 0 aliphatic rings. The highest BCUT2D eigenvalue weighted by Gasteiger charge is 2.15. The summed E-state index contributed by atoms with van der Waals surface area (Å²) in [6, 6.07) is -0.374. The Morgan fingerprint density at radius 1 is 1.64 bits per heavy atom. The minimum atomic E-state index is -0.374. The van der Waals surface area contributed by atoms with E-state index < -0.39 is 0 Å². The molecule has 0 spiro atoms. The Hall–Kier alpha value is -0.870. The molecule has 1 heterocycles. The average molecular weight is 156 g/mol. The van der Waals surface area contributed by atoms with Crippen LogP contribution < -0.4 is 5.73 Å². The summed E-state index contributed by atoms with van der Waals surface area (Å²) in [7, 11) is 0. The molecular weight excluding hydrogens is 144 g/mol. The first-order valence-corrected chi connectivity index (χ1v) is 3.46. The van der Waals surface area contributed by atoms with Gasteiger partial charge in [0.2, 0.25) is 0 Å². The summed E-state index contributed by atoms with van der Waals surface area (Å²) in [5, 5.41) is 12.5. The topological polar surface area (TPSA) is 72.3 Å². The number of aryl methyl sites for hydroxylation is 2. The highest BCUT2D eigenvalue weighted by atomic mass is 16.5. The van der Waals surface area contributed by atoms with E-state index in [1.54, 1.807) is 13.8 Å². The number of aliphatic hydroxyl groups is 1. The van der Waals surface area contributed by atoms with E-state index in [-0.39, 0.29) is 12.6 Å². The van der Waals surface area contributed by atoms with E-state index in [9.17, 15) is 0 Å². The van der Waals surface area contributed by atoms with Crippen molar-refractivity contribution in [3.05, 3.63) is 17.0 Å². The van der Waals surface area contributed by atoms with Crippen LogP contribution in [-0.2, 0) is 0 Å². The average Bonchev–Trinajstić information content (AvgIpc) is 2.30. The molecule has 4 nitrogen and oxygen atoms in total. The molecule has 0 aromatic carbocycles. The van der Waals surface area contributed by atoms with Crippen molar-refractivity contribution in [2.24, 2.45) is 5.73 Å². The Bertz CT molecular complexity index is 225. The number of rotatable bonds is 2. The van der Waals surface area contributed by atoms with Gasteiger partial charge in [-0.2, -0.15) is 0 Å². The number of aliphatic hydroxyl groups excluding tert-OH is 1. The third-order valence-electron chi connectivity index (χ3n) is 1.66. The van der Waals surface area contributed by atoms with Crippen LogP contribution in [0, 0.1) is 13.8 Å². The van der Waals surface area contributed by atoms with Gasteiger partial charge < -0.3 is 15.4 Å². The van der Waals surface area contributed by atoms with Crippen molar-refractivity contribution in [3.8, 4) is 0 Å². The van der Waals surface area contributed by atoms with Crippen LogP contribution in [0.4, 0.5) is 0 Å². The summed E-state index contributed by atoms with van der Waals surface area (Å²) >= 11 is 0. The zero-order chi connectivity index (χ0) is 8.43. The summed E-state index contributed by atoms with van der Waals surface area (Å²) in [4.78, 5) is 0. The van der Waals surface area contributed by atoms with Crippen LogP contribution in [0.5, 0.6) is 0 Å². The Balaban J connectivity index is 3.00. The van der Waals surface area contributed by atoms with E-state index in [1.165, 1.54) is 0 Å². The zero-order valence-corrected chi connectivity index (χ0v) is 6.66. The van der Waals surface area contributed by atoms with Gasteiger partial charge in [0.1, 0.15) is 5.76 Å². The van der Waals surface area contributed by atoms with E-state index in [0.717, 1.165) is 11.3 Å². The third kappa shape index (κ3) is 1.41. The van der Waals surface area contributed by atoms with Crippen molar-refractivity contribution in [2.45, 2.75) is 19.9 Å². The van der Waals surface area contributed by atoms with Crippen molar-refractivity contribution >= 4 is 0 Å². The molecular formula is C7H12N2O2. The van der Waals surface area contributed by atoms with Crippen LogP contribution in [0.25, 0.3) is 0 Å². The molecule has 1 aromatic heterocycles. The molecule has 1 rings (SSSR count). The molecule has 3 N–H and O–H groups in total. The number of nitrogens with two attached hydrogens (primary N) is 1. The van der Waals surface area contributed by atoms with E-state index in [4.69, 9.17) is 15.4 Å². The van der Waals surface area contributed by atoms with E-state index in [2.05, 4.69) is 5.16 Å². The van der Waals surface area contributed by atoms with E-state index in [0.29, 0.717) is 5.76 Å². The van der Waals surface area contributed by atoms with Crippen LogP contribution in [0.1, 0.15) is 23.1 Å². The third-order valence-corrected chi connectivity index (χ3v) is 1.66. The van der Waals surface area contributed by atoms with Crippen molar-refractivity contribution in [3.63, 3.8) is 0 Å².